The van der Waals surface area contributed by atoms with Crippen LogP contribution in [0, 0.1) is 0 Å². The Hall–Kier alpha value is -5.51. The number of ether oxygens (including phenoxy) is 4. The number of rotatable bonds is 19. The van der Waals surface area contributed by atoms with E-state index in [0.29, 0.717) is 53.7 Å². The average Bonchev–Trinajstić information content (AvgIpc) is 3.14. The summed E-state index contributed by atoms with van der Waals surface area (Å²) in [5, 5.41) is 8.57. The van der Waals surface area contributed by atoms with Crippen LogP contribution < -0.4 is 19.1 Å². The molecule has 0 aliphatic carbocycles. The Morgan fingerprint density at radius 2 is 1.02 bits per heavy atom. The molecule has 0 unspecified atom stereocenters. The summed E-state index contributed by atoms with van der Waals surface area (Å²) < 4.78 is 21.9. The first-order valence-electron chi connectivity index (χ1n) is 17.2. The van der Waals surface area contributed by atoms with Crippen molar-refractivity contribution in [2.75, 3.05) is 31.2 Å². The van der Waals surface area contributed by atoms with Crippen molar-refractivity contribution in [2.45, 2.75) is 59.3 Å². The average molecular weight is 680 g/mol. The van der Waals surface area contributed by atoms with E-state index in [0.717, 1.165) is 56.6 Å². The van der Waals surface area contributed by atoms with Gasteiger partial charge in [0.1, 0.15) is 17.2 Å². The first kappa shape index (κ1) is 37.3. The van der Waals surface area contributed by atoms with Gasteiger partial charge in [0.25, 0.3) is 0 Å². The zero-order valence-electron chi connectivity index (χ0n) is 29.0. The van der Waals surface area contributed by atoms with Crippen molar-refractivity contribution in [3.63, 3.8) is 0 Å². The highest BCUT2D eigenvalue weighted by atomic mass is 16.5. The molecule has 50 heavy (non-hydrogen) atoms. The molecule has 0 N–H and O–H groups in total. The Labute approximate surface area is 294 Å². The van der Waals surface area contributed by atoms with E-state index in [9.17, 15) is 14.4 Å². The van der Waals surface area contributed by atoms with Gasteiger partial charge in [0.15, 0.2) is 0 Å². The summed E-state index contributed by atoms with van der Waals surface area (Å²) in [6.45, 7) is 9.09. The van der Waals surface area contributed by atoms with E-state index in [2.05, 4.69) is 29.0 Å². The lowest BCUT2D eigenvalue weighted by Crippen LogP contribution is -2.21. The van der Waals surface area contributed by atoms with Crippen LogP contribution in [0.2, 0.25) is 0 Å². The Kier molecular flexibility index (Phi) is 15.0. The number of benzene rings is 4. The highest BCUT2D eigenvalue weighted by Crippen LogP contribution is 2.25. The summed E-state index contributed by atoms with van der Waals surface area (Å²) >= 11 is 0. The lowest BCUT2D eigenvalue weighted by Gasteiger charge is -2.20. The summed E-state index contributed by atoms with van der Waals surface area (Å²) in [6, 6.07) is 27.6. The van der Waals surface area contributed by atoms with Crippen LogP contribution >= 0.6 is 0 Å². The standard InChI is InChI=1S/C40H45N3O7/c1-4-11-38(44)48-29-10-8-7-9-28-47-35-22-12-30(13-23-35)39(45)49-36-24-14-31(15-25-36)40(46)50-37-26-18-33(19-27-37)42-41-32-16-20-34(21-17-32)43(5-2)6-3/h12-27H,4-11,28-29H2,1-3H3/b42-41+. The maximum Gasteiger partial charge on any atom is 0.343 e. The van der Waals surface area contributed by atoms with E-state index in [-0.39, 0.29) is 5.97 Å². The number of nitrogens with zero attached hydrogens (tertiary/aromatic N) is 3. The van der Waals surface area contributed by atoms with Crippen molar-refractivity contribution < 1.29 is 33.3 Å². The van der Waals surface area contributed by atoms with Gasteiger partial charge in [0.2, 0.25) is 0 Å². The van der Waals surface area contributed by atoms with Crippen LogP contribution in [0.25, 0.3) is 0 Å². The fraction of sp³-hybridized carbons (Fsp3) is 0.325. The highest BCUT2D eigenvalue weighted by Gasteiger charge is 2.12. The van der Waals surface area contributed by atoms with Gasteiger partial charge in [-0.25, -0.2) is 9.59 Å². The molecule has 4 aromatic rings. The Balaban J connectivity index is 1.17. The first-order chi connectivity index (χ1) is 24.4. The van der Waals surface area contributed by atoms with Gasteiger partial charge in [-0.1, -0.05) is 6.92 Å². The molecule has 10 heteroatoms. The molecule has 0 saturated carbocycles. The van der Waals surface area contributed by atoms with Gasteiger partial charge < -0.3 is 23.8 Å². The minimum atomic E-state index is -0.547. The highest BCUT2D eigenvalue weighted by molar-refractivity contribution is 5.92. The SMILES string of the molecule is CCCC(=O)OCCCCCCOc1ccc(C(=O)Oc2ccc(C(=O)Oc3ccc(/N=N/c4ccc(N(CC)CC)cc4)cc3)cc2)cc1. The number of unbranched alkanes of at least 4 members (excludes halogenated alkanes) is 3. The van der Waals surface area contributed by atoms with Crippen molar-refractivity contribution in [1.82, 2.24) is 0 Å². The number of azo groups is 1. The van der Waals surface area contributed by atoms with Gasteiger partial charge in [0, 0.05) is 25.2 Å². The van der Waals surface area contributed by atoms with E-state index in [4.69, 9.17) is 18.9 Å². The molecule has 0 aliphatic heterocycles. The lowest BCUT2D eigenvalue weighted by molar-refractivity contribution is -0.143. The number of carbonyl (C=O) groups excluding carboxylic acids is 3. The van der Waals surface area contributed by atoms with E-state index in [1.54, 1.807) is 60.7 Å². The van der Waals surface area contributed by atoms with Crippen LogP contribution in [0.3, 0.4) is 0 Å². The lowest BCUT2D eigenvalue weighted by atomic mass is 10.2. The molecule has 4 rings (SSSR count). The molecule has 0 amide bonds. The predicted octanol–water partition coefficient (Wildman–Crippen LogP) is 9.67. The molecular formula is C40H45N3O7. The smallest absolute Gasteiger partial charge is 0.343 e. The summed E-state index contributed by atoms with van der Waals surface area (Å²) in [6.07, 6.45) is 4.93. The molecule has 0 aromatic heterocycles. The van der Waals surface area contributed by atoms with Crippen molar-refractivity contribution in [2.24, 2.45) is 10.2 Å². The molecule has 0 bridgehead atoms. The fourth-order valence-corrected chi connectivity index (χ4v) is 4.90. The molecule has 4 aromatic carbocycles. The monoisotopic (exact) mass is 679 g/mol. The van der Waals surface area contributed by atoms with Gasteiger partial charge in [-0.05, 0) is 143 Å². The van der Waals surface area contributed by atoms with Gasteiger partial charge in [-0.2, -0.15) is 10.2 Å². The van der Waals surface area contributed by atoms with Gasteiger partial charge in [0.05, 0.1) is 35.7 Å². The molecule has 0 saturated heterocycles. The summed E-state index contributed by atoms with van der Waals surface area (Å²) in [5.41, 5.74) is 3.18. The van der Waals surface area contributed by atoms with Crippen LogP contribution in [0.5, 0.6) is 17.2 Å². The summed E-state index contributed by atoms with van der Waals surface area (Å²) in [5.74, 6) is 0.112. The van der Waals surface area contributed by atoms with E-state index < -0.39 is 11.9 Å². The summed E-state index contributed by atoms with van der Waals surface area (Å²) in [7, 11) is 0. The molecule has 0 heterocycles. The number of hydrogen-bond donors (Lipinski definition) is 0. The minimum Gasteiger partial charge on any atom is -0.494 e. The molecular weight excluding hydrogens is 634 g/mol. The van der Waals surface area contributed by atoms with Crippen molar-refractivity contribution in [1.29, 1.82) is 0 Å². The molecule has 0 spiro atoms. The molecule has 0 fully saturated rings. The van der Waals surface area contributed by atoms with Crippen LogP contribution in [0.15, 0.2) is 107 Å². The predicted molar refractivity (Wildman–Crippen MR) is 193 cm³/mol. The Bertz CT molecular complexity index is 1670. The van der Waals surface area contributed by atoms with Gasteiger partial charge in [-0.3, -0.25) is 4.79 Å². The van der Waals surface area contributed by atoms with Crippen LogP contribution in [0.4, 0.5) is 17.1 Å². The largest absolute Gasteiger partial charge is 0.494 e. The topological polar surface area (TPSA) is 116 Å². The third-order valence-electron chi connectivity index (χ3n) is 7.72. The van der Waals surface area contributed by atoms with Crippen molar-refractivity contribution >= 4 is 35.0 Å². The second-order valence-electron chi connectivity index (χ2n) is 11.4. The third kappa shape index (κ3) is 12.2. The van der Waals surface area contributed by atoms with Crippen LogP contribution in [0.1, 0.15) is 80.0 Å². The molecule has 0 aliphatic rings. The van der Waals surface area contributed by atoms with Gasteiger partial charge >= 0.3 is 17.9 Å². The zero-order valence-corrected chi connectivity index (χ0v) is 29.0. The second-order valence-corrected chi connectivity index (χ2v) is 11.4. The normalized spacial score (nSPS) is 10.9. The fourth-order valence-electron chi connectivity index (χ4n) is 4.90. The molecule has 0 radical (unpaired) electrons. The van der Waals surface area contributed by atoms with Crippen LogP contribution in [-0.2, 0) is 9.53 Å². The quantitative estimate of drug-likeness (QED) is 0.0416. The first-order valence-corrected chi connectivity index (χ1v) is 17.2. The minimum absolute atomic E-state index is 0.133. The Morgan fingerprint density at radius 1 is 0.560 bits per heavy atom. The number of hydrogen-bond acceptors (Lipinski definition) is 10. The van der Waals surface area contributed by atoms with Gasteiger partial charge in [-0.15, -0.1) is 0 Å². The maximum absolute atomic E-state index is 12.7. The zero-order chi connectivity index (χ0) is 35.6. The number of esters is 3. The van der Waals surface area contributed by atoms with Crippen molar-refractivity contribution in [3.05, 3.63) is 108 Å². The van der Waals surface area contributed by atoms with E-state index in [1.807, 2.05) is 31.2 Å². The molecule has 0 atom stereocenters. The van der Waals surface area contributed by atoms with Crippen LogP contribution in [-0.4, -0.2) is 44.2 Å². The summed E-state index contributed by atoms with van der Waals surface area (Å²) in [4.78, 5) is 39.0. The van der Waals surface area contributed by atoms with Crippen molar-refractivity contribution in [3.8, 4) is 17.2 Å². The number of carbonyl (C=O) groups is 3. The molecule has 262 valence electrons. The van der Waals surface area contributed by atoms with E-state index >= 15 is 0 Å². The van der Waals surface area contributed by atoms with E-state index in [1.165, 1.54) is 12.1 Å². The number of anilines is 1. The third-order valence-corrected chi connectivity index (χ3v) is 7.72. The molecule has 10 nitrogen and oxygen atoms in total. The maximum atomic E-state index is 12.7. The second kappa shape index (κ2) is 20.1. The Morgan fingerprint density at radius 3 is 1.52 bits per heavy atom.